The van der Waals surface area contributed by atoms with Crippen molar-refractivity contribution in [1.29, 1.82) is 0 Å². The van der Waals surface area contributed by atoms with Crippen LogP contribution in [0.1, 0.15) is 18.1 Å². The van der Waals surface area contributed by atoms with E-state index in [-0.39, 0.29) is 0 Å². The van der Waals surface area contributed by atoms with E-state index in [4.69, 9.17) is 35.4 Å². The zero-order valence-electron chi connectivity index (χ0n) is 13.0. The fourth-order valence-corrected chi connectivity index (χ4v) is 2.67. The van der Waals surface area contributed by atoms with E-state index in [1.807, 2.05) is 44.2 Å². The van der Waals surface area contributed by atoms with Crippen molar-refractivity contribution < 1.29 is 0 Å². The lowest BCUT2D eigenvalue weighted by atomic mass is 10.1. The van der Waals surface area contributed by atoms with Crippen molar-refractivity contribution in [1.82, 2.24) is 14.9 Å². The van der Waals surface area contributed by atoms with Gasteiger partial charge in [0, 0.05) is 5.56 Å². The summed E-state index contributed by atoms with van der Waals surface area (Å²) in [5.74, 6) is 0.652. The molecule has 0 spiro atoms. The van der Waals surface area contributed by atoms with Gasteiger partial charge in [-0.1, -0.05) is 59.1 Å². The van der Waals surface area contributed by atoms with Gasteiger partial charge >= 0.3 is 0 Å². The van der Waals surface area contributed by atoms with Gasteiger partial charge in [-0.2, -0.15) is 14.9 Å². The Labute approximate surface area is 154 Å². The highest BCUT2D eigenvalue weighted by Gasteiger charge is 2.10. The number of hydrogen-bond donors (Lipinski definition) is 1. The van der Waals surface area contributed by atoms with Crippen molar-refractivity contribution in [3.8, 4) is 11.4 Å². The van der Waals surface area contributed by atoms with E-state index in [1.54, 1.807) is 16.8 Å². The van der Waals surface area contributed by atoms with Gasteiger partial charge in [0.15, 0.2) is 5.82 Å². The van der Waals surface area contributed by atoms with Gasteiger partial charge in [0.05, 0.1) is 15.8 Å². The van der Waals surface area contributed by atoms with Gasteiger partial charge in [-0.05, 0) is 43.8 Å². The number of halogens is 2. The molecule has 122 valence electrons. The van der Waals surface area contributed by atoms with E-state index >= 15 is 0 Å². The zero-order valence-corrected chi connectivity index (χ0v) is 15.4. The maximum Gasteiger partial charge on any atom is 0.216 e. The van der Waals surface area contributed by atoms with Crippen LogP contribution in [0.5, 0.6) is 0 Å². The molecule has 3 rings (SSSR count). The third kappa shape index (κ3) is 3.43. The molecule has 3 aromatic rings. The van der Waals surface area contributed by atoms with Gasteiger partial charge in [-0.3, -0.25) is 0 Å². The first-order valence-corrected chi connectivity index (χ1v) is 8.37. The van der Waals surface area contributed by atoms with E-state index in [0.29, 0.717) is 20.6 Å². The molecule has 1 heterocycles. The van der Waals surface area contributed by atoms with E-state index in [1.165, 1.54) is 5.56 Å². The number of aryl methyl sites for hydroxylation is 1. The first-order chi connectivity index (χ1) is 11.5. The lowest BCUT2D eigenvalue weighted by Gasteiger charge is -2.05. The smallest absolute Gasteiger partial charge is 0.216 e. The summed E-state index contributed by atoms with van der Waals surface area (Å²) >= 11 is 17.3. The van der Waals surface area contributed by atoms with Crippen molar-refractivity contribution >= 4 is 41.1 Å². The SMILES string of the molecule is C/C(=N\n1c(-c2ccc(C)cc2)n[nH]c1=S)c1ccc(Cl)c(Cl)c1. The fraction of sp³-hybridized carbons (Fsp3) is 0.118. The summed E-state index contributed by atoms with van der Waals surface area (Å²) < 4.78 is 2.03. The van der Waals surface area contributed by atoms with Crippen LogP contribution >= 0.6 is 35.4 Å². The van der Waals surface area contributed by atoms with Crippen LogP contribution in [0.2, 0.25) is 10.0 Å². The van der Waals surface area contributed by atoms with E-state index in [0.717, 1.165) is 16.8 Å². The maximum absolute atomic E-state index is 6.08. The van der Waals surface area contributed by atoms with Crippen LogP contribution in [0.4, 0.5) is 0 Å². The Morgan fingerprint density at radius 2 is 1.83 bits per heavy atom. The molecule has 0 atom stereocenters. The molecule has 0 amide bonds. The summed E-state index contributed by atoms with van der Waals surface area (Å²) in [6.45, 7) is 3.92. The molecule has 0 aliphatic heterocycles. The highest BCUT2D eigenvalue weighted by molar-refractivity contribution is 7.71. The number of nitrogens with zero attached hydrogens (tertiary/aromatic N) is 3. The average molecular weight is 377 g/mol. The average Bonchev–Trinajstić information content (AvgIpc) is 2.92. The summed E-state index contributed by atoms with van der Waals surface area (Å²) in [4.78, 5) is 0. The second-order valence-electron chi connectivity index (χ2n) is 5.34. The molecule has 0 saturated heterocycles. The molecule has 0 fully saturated rings. The van der Waals surface area contributed by atoms with Crippen LogP contribution in [0.25, 0.3) is 11.4 Å². The Morgan fingerprint density at radius 3 is 2.50 bits per heavy atom. The van der Waals surface area contributed by atoms with E-state index < -0.39 is 0 Å². The number of aromatic amines is 1. The number of H-pyrrole nitrogens is 1. The van der Waals surface area contributed by atoms with Crippen molar-refractivity contribution in [2.75, 3.05) is 0 Å². The van der Waals surface area contributed by atoms with Crippen molar-refractivity contribution in [3.63, 3.8) is 0 Å². The van der Waals surface area contributed by atoms with Gasteiger partial charge in [0.2, 0.25) is 4.77 Å². The van der Waals surface area contributed by atoms with Gasteiger partial charge in [-0.15, -0.1) is 0 Å². The second-order valence-corrected chi connectivity index (χ2v) is 6.55. The van der Waals surface area contributed by atoms with Crippen LogP contribution < -0.4 is 0 Å². The lowest BCUT2D eigenvalue weighted by molar-refractivity contribution is 0.864. The Balaban J connectivity index is 2.06. The van der Waals surface area contributed by atoms with E-state index in [9.17, 15) is 0 Å². The summed E-state index contributed by atoms with van der Waals surface area (Å²) in [5, 5.41) is 12.7. The predicted molar refractivity (Wildman–Crippen MR) is 102 cm³/mol. The normalized spacial score (nSPS) is 11.8. The molecule has 0 aliphatic carbocycles. The van der Waals surface area contributed by atoms with Crippen molar-refractivity contribution in [2.45, 2.75) is 13.8 Å². The molecule has 2 aromatic carbocycles. The molecule has 0 saturated carbocycles. The maximum atomic E-state index is 6.08. The highest BCUT2D eigenvalue weighted by atomic mass is 35.5. The molecule has 0 bridgehead atoms. The number of benzene rings is 2. The zero-order chi connectivity index (χ0) is 17.3. The Morgan fingerprint density at radius 1 is 1.12 bits per heavy atom. The summed E-state index contributed by atoms with van der Waals surface area (Å²) in [6.07, 6.45) is 0. The first kappa shape index (κ1) is 16.9. The molecule has 0 unspecified atom stereocenters. The predicted octanol–water partition coefficient (Wildman–Crippen LogP) is 5.50. The molecular weight excluding hydrogens is 363 g/mol. The molecule has 7 heteroatoms. The largest absolute Gasteiger partial charge is 0.250 e. The van der Waals surface area contributed by atoms with Crippen LogP contribution in [-0.2, 0) is 0 Å². The Bertz CT molecular complexity index is 971. The minimum atomic E-state index is 0.421. The summed E-state index contributed by atoms with van der Waals surface area (Å²) in [7, 11) is 0. The first-order valence-electron chi connectivity index (χ1n) is 7.21. The minimum absolute atomic E-state index is 0.421. The van der Waals surface area contributed by atoms with Crippen molar-refractivity contribution in [3.05, 3.63) is 68.4 Å². The quantitative estimate of drug-likeness (QED) is 0.484. The number of rotatable bonds is 3. The van der Waals surface area contributed by atoms with Crippen LogP contribution in [-0.4, -0.2) is 20.6 Å². The summed E-state index contributed by atoms with van der Waals surface area (Å²) in [6, 6.07) is 13.4. The second kappa shape index (κ2) is 6.89. The van der Waals surface area contributed by atoms with Crippen molar-refractivity contribution in [2.24, 2.45) is 5.10 Å². The lowest BCUT2D eigenvalue weighted by Crippen LogP contribution is -2.01. The van der Waals surface area contributed by atoms with Crippen LogP contribution in [0, 0.1) is 11.7 Å². The Hall–Kier alpha value is -1.95. The minimum Gasteiger partial charge on any atom is -0.250 e. The molecule has 24 heavy (non-hydrogen) atoms. The molecule has 1 N–H and O–H groups in total. The standard InChI is InChI=1S/C17H14Cl2N4S/c1-10-3-5-12(6-4-10)16-20-21-17(24)23(16)22-11(2)13-7-8-14(18)15(19)9-13/h3-9H,1-2H3,(H,21,24)/b22-11+. The molecule has 1 aromatic heterocycles. The van der Waals surface area contributed by atoms with Gasteiger partial charge < -0.3 is 0 Å². The number of hydrogen-bond acceptors (Lipinski definition) is 3. The molecule has 4 nitrogen and oxygen atoms in total. The fourth-order valence-electron chi connectivity index (χ4n) is 2.20. The Kier molecular flexibility index (Phi) is 4.85. The number of aromatic nitrogens is 3. The third-order valence-corrected chi connectivity index (χ3v) is 4.55. The number of nitrogens with one attached hydrogen (secondary N) is 1. The monoisotopic (exact) mass is 376 g/mol. The molecule has 0 radical (unpaired) electrons. The van der Waals surface area contributed by atoms with Gasteiger partial charge in [-0.25, -0.2) is 5.10 Å². The van der Waals surface area contributed by atoms with Gasteiger partial charge in [0.1, 0.15) is 0 Å². The third-order valence-electron chi connectivity index (χ3n) is 3.55. The molecule has 0 aliphatic rings. The van der Waals surface area contributed by atoms with Gasteiger partial charge in [0.25, 0.3) is 0 Å². The van der Waals surface area contributed by atoms with Crippen LogP contribution in [0.3, 0.4) is 0 Å². The topological polar surface area (TPSA) is 46.0 Å². The van der Waals surface area contributed by atoms with E-state index in [2.05, 4.69) is 15.3 Å². The van der Waals surface area contributed by atoms with Crippen LogP contribution in [0.15, 0.2) is 47.6 Å². The molecular formula is C17H14Cl2N4S. The highest BCUT2D eigenvalue weighted by Crippen LogP contribution is 2.23. The summed E-state index contributed by atoms with van der Waals surface area (Å²) in [5.41, 5.74) is 3.72.